The molecule has 0 fully saturated rings. The van der Waals surface area contributed by atoms with Gasteiger partial charge in [0.05, 0.1) is 12.6 Å². The number of phenols is 1. The molecule has 3 unspecified atom stereocenters. The van der Waals surface area contributed by atoms with Gasteiger partial charge in [0.25, 0.3) is 0 Å². The third-order valence-corrected chi connectivity index (χ3v) is 4.19. The standard InChI is InChI=1S/C19H26N4O8/c1-10(22-15(25)9-21-18(29)13(20)6-7-16(26)27)17(28)23-14(19(30)31)8-11-2-4-12(24)5-3-11/h2-5,10,13-14,24H,6-9,20H2,1H3,(H,21,29)(H,22,25)(H,23,28)(H,26,27)(H,30,31). The lowest BCUT2D eigenvalue weighted by atomic mass is 10.1. The Hall–Kier alpha value is -3.67. The number of aliphatic carboxylic acids is 2. The van der Waals surface area contributed by atoms with E-state index in [4.69, 9.17) is 10.8 Å². The zero-order valence-electron chi connectivity index (χ0n) is 16.8. The van der Waals surface area contributed by atoms with Gasteiger partial charge in [0.15, 0.2) is 0 Å². The Labute approximate surface area is 177 Å². The van der Waals surface area contributed by atoms with Crippen LogP contribution < -0.4 is 21.7 Å². The first kappa shape index (κ1) is 25.4. The van der Waals surface area contributed by atoms with Crippen LogP contribution in [0.3, 0.4) is 0 Å². The summed E-state index contributed by atoms with van der Waals surface area (Å²) < 4.78 is 0. The van der Waals surface area contributed by atoms with Crippen molar-refractivity contribution in [3.63, 3.8) is 0 Å². The molecule has 8 N–H and O–H groups in total. The molecule has 1 aromatic carbocycles. The number of benzene rings is 1. The summed E-state index contributed by atoms with van der Waals surface area (Å²) in [6, 6.07) is 2.37. The van der Waals surface area contributed by atoms with E-state index < -0.39 is 54.3 Å². The quantitative estimate of drug-likeness (QED) is 0.198. The van der Waals surface area contributed by atoms with E-state index >= 15 is 0 Å². The normalized spacial score (nSPS) is 13.4. The van der Waals surface area contributed by atoms with Crippen molar-refractivity contribution in [2.24, 2.45) is 5.73 Å². The van der Waals surface area contributed by atoms with E-state index in [1.54, 1.807) is 0 Å². The molecule has 31 heavy (non-hydrogen) atoms. The summed E-state index contributed by atoms with van der Waals surface area (Å²) in [5, 5.41) is 34.0. The second-order valence-electron chi connectivity index (χ2n) is 6.82. The van der Waals surface area contributed by atoms with Crippen molar-refractivity contribution >= 4 is 29.7 Å². The monoisotopic (exact) mass is 438 g/mol. The van der Waals surface area contributed by atoms with Gasteiger partial charge in [-0.3, -0.25) is 19.2 Å². The predicted octanol–water partition coefficient (Wildman–Crippen LogP) is -1.68. The minimum Gasteiger partial charge on any atom is -0.508 e. The number of carboxylic acids is 2. The molecule has 0 bridgehead atoms. The molecule has 12 heteroatoms. The summed E-state index contributed by atoms with van der Waals surface area (Å²) in [7, 11) is 0. The Morgan fingerprint density at radius 2 is 1.61 bits per heavy atom. The highest BCUT2D eigenvalue weighted by atomic mass is 16.4. The molecule has 0 saturated carbocycles. The summed E-state index contributed by atoms with van der Waals surface area (Å²) >= 11 is 0. The van der Waals surface area contributed by atoms with Crippen molar-refractivity contribution in [3.05, 3.63) is 29.8 Å². The minimum absolute atomic E-state index is 0.0194. The van der Waals surface area contributed by atoms with E-state index in [1.807, 2.05) is 0 Å². The Balaban J connectivity index is 2.50. The second-order valence-corrected chi connectivity index (χ2v) is 6.82. The fourth-order valence-corrected chi connectivity index (χ4v) is 2.43. The third-order valence-electron chi connectivity index (χ3n) is 4.19. The number of rotatable bonds is 12. The number of phenolic OH excluding ortho intramolecular Hbond substituents is 1. The van der Waals surface area contributed by atoms with E-state index in [0.29, 0.717) is 5.56 Å². The van der Waals surface area contributed by atoms with Crippen LogP contribution in [0.15, 0.2) is 24.3 Å². The number of nitrogens with one attached hydrogen (secondary N) is 3. The minimum atomic E-state index is -1.28. The summed E-state index contributed by atoms with van der Waals surface area (Å²) in [5.74, 6) is -4.54. The van der Waals surface area contributed by atoms with Gasteiger partial charge in [0.2, 0.25) is 17.7 Å². The number of carbonyl (C=O) groups is 5. The van der Waals surface area contributed by atoms with Gasteiger partial charge in [-0.25, -0.2) is 4.79 Å². The average molecular weight is 438 g/mol. The van der Waals surface area contributed by atoms with Crippen molar-refractivity contribution in [3.8, 4) is 5.75 Å². The molecule has 0 radical (unpaired) electrons. The first-order chi connectivity index (χ1) is 14.5. The fourth-order valence-electron chi connectivity index (χ4n) is 2.43. The Bertz CT molecular complexity index is 812. The van der Waals surface area contributed by atoms with Gasteiger partial charge in [-0.2, -0.15) is 0 Å². The SMILES string of the molecule is CC(NC(=O)CNC(=O)C(N)CCC(=O)O)C(=O)NC(Cc1ccc(O)cc1)C(=O)O. The van der Waals surface area contributed by atoms with Gasteiger partial charge in [0.1, 0.15) is 17.8 Å². The van der Waals surface area contributed by atoms with Crippen LogP contribution in [-0.2, 0) is 30.4 Å². The zero-order valence-corrected chi connectivity index (χ0v) is 16.8. The molecule has 0 aliphatic heterocycles. The highest BCUT2D eigenvalue weighted by Crippen LogP contribution is 2.11. The van der Waals surface area contributed by atoms with Crippen molar-refractivity contribution in [2.45, 2.75) is 44.3 Å². The van der Waals surface area contributed by atoms with E-state index in [-0.39, 0.29) is 25.0 Å². The smallest absolute Gasteiger partial charge is 0.326 e. The summed E-state index contributed by atoms with van der Waals surface area (Å²) in [4.78, 5) is 57.8. The number of carboxylic acid groups (broad SMARTS) is 2. The number of nitrogens with two attached hydrogens (primary N) is 1. The molecule has 3 atom stereocenters. The first-order valence-electron chi connectivity index (χ1n) is 9.35. The highest BCUT2D eigenvalue weighted by Gasteiger charge is 2.24. The van der Waals surface area contributed by atoms with Crippen LogP contribution in [-0.4, -0.2) is 69.7 Å². The van der Waals surface area contributed by atoms with E-state index in [2.05, 4.69) is 16.0 Å². The van der Waals surface area contributed by atoms with Crippen LogP contribution in [0.1, 0.15) is 25.3 Å². The summed E-state index contributed by atoms with van der Waals surface area (Å²) in [5.41, 5.74) is 6.09. The number of carbonyl (C=O) groups excluding carboxylic acids is 3. The molecule has 1 rings (SSSR count). The zero-order chi connectivity index (χ0) is 23.6. The molecule has 12 nitrogen and oxygen atoms in total. The highest BCUT2D eigenvalue weighted by molar-refractivity contribution is 5.92. The predicted molar refractivity (Wildman–Crippen MR) is 107 cm³/mol. The van der Waals surface area contributed by atoms with Crippen molar-refractivity contribution in [1.82, 2.24) is 16.0 Å². The van der Waals surface area contributed by atoms with Gasteiger partial charge in [-0.15, -0.1) is 0 Å². The van der Waals surface area contributed by atoms with E-state index in [9.17, 15) is 34.2 Å². The van der Waals surface area contributed by atoms with Crippen molar-refractivity contribution in [1.29, 1.82) is 0 Å². The Morgan fingerprint density at radius 1 is 1.00 bits per heavy atom. The Morgan fingerprint density at radius 3 is 2.16 bits per heavy atom. The molecule has 3 amide bonds. The fraction of sp³-hybridized carbons (Fsp3) is 0.421. The second kappa shape index (κ2) is 12.1. The molecule has 1 aromatic rings. The molecular weight excluding hydrogens is 412 g/mol. The molecule has 0 spiro atoms. The average Bonchev–Trinajstić information content (AvgIpc) is 2.70. The van der Waals surface area contributed by atoms with Crippen LogP contribution in [0.2, 0.25) is 0 Å². The molecule has 0 heterocycles. The van der Waals surface area contributed by atoms with E-state index in [0.717, 1.165) is 0 Å². The van der Waals surface area contributed by atoms with Gasteiger partial charge in [0, 0.05) is 12.8 Å². The van der Waals surface area contributed by atoms with Gasteiger partial charge in [-0.05, 0) is 31.0 Å². The maximum Gasteiger partial charge on any atom is 0.326 e. The van der Waals surface area contributed by atoms with Crippen LogP contribution in [0, 0.1) is 0 Å². The van der Waals surface area contributed by atoms with Gasteiger partial charge < -0.3 is 37.0 Å². The number of hydrogen-bond donors (Lipinski definition) is 7. The lowest BCUT2D eigenvalue weighted by Crippen LogP contribution is -2.53. The maximum absolute atomic E-state index is 12.2. The first-order valence-corrected chi connectivity index (χ1v) is 9.35. The topological polar surface area (TPSA) is 208 Å². The third kappa shape index (κ3) is 9.58. The van der Waals surface area contributed by atoms with Crippen LogP contribution in [0.25, 0.3) is 0 Å². The summed E-state index contributed by atoms with van der Waals surface area (Å²) in [6.07, 6.45) is -0.432. The van der Waals surface area contributed by atoms with E-state index in [1.165, 1.54) is 31.2 Å². The molecule has 170 valence electrons. The largest absolute Gasteiger partial charge is 0.508 e. The Kier molecular flexibility index (Phi) is 9.92. The lowest BCUT2D eigenvalue weighted by Gasteiger charge is -2.19. The van der Waals surface area contributed by atoms with Gasteiger partial charge >= 0.3 is 11.9 Å². The number of hydrogen-bond acceptors (Lipinski definition) is 7. The molecular formula is C19H26N4O8. The van der Waals surface area contributed by atoms with Crippen LogP contribution in [0.5, 0.6) is 5.75 Å². The number of aromatic hydroxyl groups is 1. The van der Waals surface area contributed by atoms with Crippen LogP contribution >= 0.6 is 0 Å². The summed E-state index contributed by atoms with van der Waals surface area (Å²) in [6.45, 7) is 0.847. The maximum atomic E-state index is 12.2. The molecule has 0 aliphatic carbocycles. The number of amides is 3. The van der Waals surface area contributed by atoms with Crippen molar-refractivity contribution in [2.75, 3.05) is 6.54 Å². The lowest BCUT2D eigenvalue weighted by molar-refractivity contribution is -0.142. The molecule has 0 aliphatic rings. The van der Waals surface area contributed by atoms with Gasteiger partial charge in [-0.1, -0.05) is 12.1 Å². The molecule has 0 saturated heterocycles. The van der Waals surface area contributed by atoms with Crippen molar-refractivity contribution < 1.29 is 39.3 Å². The molecule has 0 aromatic heterocycles. The van der Waals surface area contributed by atoms with Crippen LogP contribution in [0.4, 0.5) is 0 Å².